The van der Waals surface area contributed by atoms with E-state index in [0.717, 1.165) is 10.9 Å². The largest absolute Gasteiger partial charge is 0.417 e. The first-order valence-corrected chi connectivity index (χ1v) is 6.02. The number of hydrogen-bond acceptors (Lipinski definition) is 2. The molecule has 0 bridgehead atoms. The molecule has 17 heavy (non-hydrogen) atoms. The number of alkyl halides is 3. The van der Waals surface area contributed by atoms with Gasteiger partial charge >= 0.3 is 6.18 Å². The lowest BCUT2D eigenvalue weighted by Gasteiger charge is -2.07. The normalized spacial score (nSPS) is 14.2. The van der Waals surface area contributed by atoms with Crippen LogP contribution in [-0.2, 0) is 6.18 Å². The summed E-state index contributed by atoms with van der Waals surface area (Å²) in [7, 11) is 1.79. The predicted molar refractivity (Wildman–Crippen MR) is 64.3 cm³/mol. The van der Waals surface area contributed by atoms with Crippen LogP contribution in [0.25, 0.3) is 10.1 Å². The third-order valence-corrected chi connectivity index (χ3v) is 4.10. The molecule has 1 N–H and O–H groups in total. The summed E-state index contributed by atoms with van der Waals surface area (Å²) in [6.45, 7) is 1.93. The third-order valence-electron chi connectivity index (χ3n) is 2.73. The van der Waals surface area contributed by atoms with Crippen molar-refractivity contribution < 1.29 is 13.2 Å². The van der Waals surface area contributed by atoms with Crippen molar-refractivity contribution in [3.63, 3.8) is 0 Å². The minimum Gasteiger partial charge on any atom is -0.313 e. The molecular formula is C12H12F3NS. The van der Waals surface area contributed by atoms with Gasteiger partial charge in [0.25, 0.3) is 0 Å². The van der Waals surface area contributed by atoms with Gasteiger partial charge in [-0.2, -0.15) is 13.2 Å². The maximum absolute atomic E-state index is 12.8. The Morgan fingerprint density at radius 2 is 2.00 bits per heavy atom. The van der Waals surface area contributed by atoms with E-state index in [1.807, 2.05) is 13.0 Å². The first kappa shape index (κ1) is 12.4. The second kappa shape index (κ2) is 4.31. The van der Waals surface area contributed by atoms with E-state index < -0.39 is 11.7 Å². The molecule has 0 aliphatic heterocycles. The Kier molecular flexibility index (Phi) is 3.14. The quantitative estimate of drug-likeness (QED) is 0.852. The molecule has 2 aromatic rings. The van der Waals surface area contributed by atoms with Crippen LogP contribution in [0.5, 0.6) is 0 Å². The number of halogens is 3. The molecule has 1 aromatic heterocycles. The molecule has 1 aromatic carbocycles. The van der Waals surface area contributed by atoms with Crippen LogP contribution in [0.1, 0.15) is 23.4 Å². The predicted octanol–water partition coefficient (Wildman–Crippen LogP) is 4.20. The van der Waals surface area contributed by atoms with Crippen molar-refractivity contribution in [2.24, 2.45) is 0 Å². The van der Waals surface area contributed by atoms with Crippen LogP contribution in [0.4, 0.5) is 13.2 Å². The molecule has 1 nitrogen and oxygen atoms in total. The number of nitrogens with one attached hydrogen (secondary N) is 1. The van der Waals surface area contributed by atoms with Crippen LogP contribution >= 0.6 is 11.3 Å². The molecule has 92 valence electrons. The number of rotatable bonds is 2. The Labute approximate surface area is 101 Å². The molecule has 5 heteroatoms. The molecule has 1 atom stereocenters. The fourth-order valence-electron chi connectivity index (χ4n) is 1.66. The fourth-order valence-corrected chi connectivity index (χ4v) is 2.92. The number of fused-ring (bicyclic) bond motifs is 1. The fraction of sp³-hybridized carbons (Fsp3) is 0.333. The van der Waals surface area contributed by atoms with Crippen LogP contribution in [0.15, 0.2) is 24.3 Å². The second-order valence-electron chi connectivity index (χ2n) is 3.88. The molecule has 0 saturated heterocycles. The lowest BCUT2D eigenvalue weighted by molar-refractivity contribution is -0.136. The van der Waals surface area contributed by atoms with Crippen molar-refractivity contribution in [2.45, 2.75) is 19.1 Å². The maximum atomic E-state index is 12.8. The van der Waals surface area contributed by atoms with E-state index in [1.165, 1.54) is 17.4 Å². The molecule has 0 saturated carbocycles. The average molecular weight is 259 g/mol. The highest BCUT2D eigenvalue weighted by Gasteiger charge is 2.33. The van der Waals surface area contributed by atoms with E-state index in [4.69, 9.17) is 0 Å². The second-order valence-corrected chi connectivity index (χ2v) is 4.96. The minimum absolute atomic E-state index is 0.0634. The topological polar surface area (TPSA) is 12.0 Å². The monoisotopic (exact) mass is 259 g/mol. The molecule has 0 spiro atoms. The van der Waals surface area contributed by atoms with Gasteiger partial charge in [0, 0.05) is 15.6 Å². The highest BCUT2D eigenvalue weighted by atomic mass is 32.1. The molecule has 1 unspecified atom stereocenters. The van der Waals surface area contributed by atoms with Crippen LogP contribution in [-0.4, -0.2) is 7.05 Å². The van der Waals surface area contributed by atoms with E-state index in [-0.39, 0.29) is 6.04 Å². The van der Waals surface area contributed by atoms with Crippen molar-refractivity contribution in [3.8, 4) is 0 Å². The SMILES string of the molecule is CNC(C)c1cc2cccc(C(F)(F)F)c2s1. The molecular weight excluding hydrogens is 247 g/mol. The number of hydrogen-bond donors (Lipinski definition) is 1. The van der Waals surface area contributed by atoms with E-state index in [1.54, 1.807) is 13.1 Å². The molecule has 0 fully saturated rings. The highest BCUT2D eigenvalue weighted by Crippen LogP contribution is 2.39. The zero-order chi connectivity index (χ0) is 12.6. The van der Waals surface area contributed by atoms with Gasteiger partial charge in [0.15, 0.2) is 0 Å². The number of benzene rings is 1. The summed E-state index contributed by atoms with van der Waals surface area (Å²) >= 11 is 1.20. The van der Waals surface area contributed by atoms with Crippen molar-refractivity contribution in [1.82, 2.24) is 5.32 Å². The van der Waals surface area contributed by atoms with Crippen LogP contribution in [0.2, 0.25) is 0 Å². The Balaban J connectivity index is 2.61. The molecule has 0 radical (unpaired) electrons. The first-order valence-electron chi connectivity index (χ1n) is 5.20. The third kappa shape index (κ3) is 2.30. The summed E-state index contributed by atoms with van der Waals surface area (Å²) in [6, 6.07) is 6.18. The number of thiophene rings is 1. The Morgan fingerprint density at radius 1 is 1.29 bits per heavy atom. The maximum Gasteiger partial charge on any atom is 0.417 e. The van der Waals surface area contributed by atoms with Gasteiger partial charge in [0.2, 0.25) is 0 Å². The van der Waals surface area contributed by atoms with Gasteiger partial charge in [-0.15, -0.1) is 11.3 Å². The van der Waals surface area contributed by atoms with Gasteiger partial charge in [0.05, 0.1) is 5.56 Å². The van der Waals surface area contributed by atoms with Crippen molar-refractivity contribution in [3.05, 3.63) is 34.7 Å². The van der Waals surface area contributed by atoms with Crippen molar-refractivity contribution >= 4 is 21.4 Å². The van der Waals surface area contributed by atoms with Gasteiger partial charge in [0.1, 0.15) is 0 Å². The Morgan fingerprint density at radius 3 is 2.59 bits per heavy atom. The summed E-state index contributed by atoms with van der Waals surface area (Å²) in [5.74, 6) is 0. The zero-order valence-electron chi connectivity index (χ0n) is 9.43. The summed E-state index contributed by atoms with van der Waals surface area (Å²) in [4.78, 5) is 0.916. The van der Waals surface area contributed by atoms with Crippen LogP contribution in [0.3, 0.4) is 0 Å². The highest BCUT2D eigenvalue weighted by molar-refractivity contribution is 7.19. The summed E-state index contributed by atoms with van der Waals surface area (Å²) in [6.07, 6.45) is -4.29. The molecule has 1 heterocycles. The zero-order valence-corrected chi connectivity index (χ0v) is 10.2. The van der Waals surface area contributed by atoms with E-state index in [9.17, 15) is 13.2 Å². The van der Waals surface area contributed by atoms with Gasteiger partial charge in [-0.25, -0.2) is 0 Å². The van der Waals surface area contributed by atoms with Gasteiger partial charge in [-0.1, -0.05) is 12.1 Å². The van der Waals surface area contributed by atoms with E-state index >= 15 is 0 Å². The molecule has 0 amide bonds. The van der Waals surface area contributed by atoms with E-state index in [2.05, 4.69) is 5.32 Å². The summed E-state index contributed by atoms with van der Waals surface area (Å²) in [5, 5.41) is 3.68. The smallest absolute Gasteiger partial charge is 0.313 e. The van der Waals surface area contributed by atoms with E-state index in [0.29, 0.717) is 10.1 Å². The molecule has 0 aliphatic rings. The van der Waals surface area contributed by atoms with Crippen LogP contribution < -0.4 is 5.32 Å². The lowest BCUT2D eigenvalue weighted by Crippen LogP contribution is -2.10. The summed E-state index contributed by atoms with van der Waals surface area (Å²) < 4.78 is 38.7. The first-order chi connectivity index (χ1) is 7.93. The molecule has 2 rings (SSSR count). The standard InChI is InChI=1S/C12H12F3NS/c1-7(16-2)10-6-8-4-3-5-9(11(8)17-10)12(13,14)15/h3-7,16H,1-2H3. The van der Waals surface area contributed by atoms with Crippen molar-refractivity contribution in [2.75, 3.05) is 7.05 Å². The average Bonchev–Trinajstić information content (AvgIpc) is 2.69. The van der Waals surface area contributed by atoms with Gasteiger partial charge < -0.3 is 5.32 Å². The Bertz CT molecular complexity index is 530. The van der Waals surface area contributed by atoms with Crippen molar-refractivity contribution in [1.29, 1.82) is 0 Å². The van der Waals surface area contributed by atoms with Gasteiger partial charge in [-0.05, 0) is 31.5 Å². The minimum atomic E-state index is -4.29. The Hall–Kier alpha value is -1.07. The summed E-state index contributed by atoms with van der Waals surface area (Å²) in [5.41, 5.74) is -0.547. The lowest BCUT2D eigenvalue weighted by atomic mass is 10.1. The molecule has 0 aliphatic carbocycles. The van der Waals surface area contributed by atoms with Gasteiger partial charge in [-0.3, -0.25) is 0 Å². The van der Waals surface area contributed by atoms with Crippen LogP contribution in [0, 0.1) is 0 Å².